The van der Waals surface area contributed by atoms with Crippen LogP contribution in [0.2, 0.25) is 5.02 Å². The Labute approximate surface area is 165 Å². The van der Waals surface area contributed by atoms with E-state index in [-0.39, 0.29) is 17.0 Å². The molecule has 0 bridgehead atoms. The Hall–Kier alpha value is -2.70. The minimum atomic E-state index is -0.568. The van der Waals surface area contributed by atoms with Crippen LogP contribution in [0.3, 0.4) is 0 Å². The number of halogens is 1. The molecule has 1 heterocycles. The lowest BCUT2D eigenvalue weighted by atomic mass is 10.1. The van der Waals surface area contributed by atoms with Gasteiger partial charge in [-0.25, -0.2) is 4.79 Å². The molecule has 3 rings (SSSR count). The number of esters is 1. The van der Waals surface area contributed by atoms with Gasteiger partial charge in [-0.15, -0.1) is 11.8 Å². The van der Waals surface area contributed by atoms with Crippen molar-refractivity contribution in [3.63, 3.8) is 0 Å². The summed E-state index contributed by atoms with van der Waals surface area (Å²) in [7, 11) is 1.27. The molecule has 0 aliphatic carbocycles. The molecule has 0 radical (unpaired) electrons. The molecule has 0 unspecified atom stereocenters. The Morgan fingerprint density at radius 2 is 1.89 bits per heavy atom. The van der Waals surface area contributed by atoms with Crippen LogP contribution in [0.4, 0.5) is 5.69 Å². The maximum absolute atomic E-state index is 12.5. The van der Waals surface area contributed by atoms with Crippen molar-refractivity contribution in [1.29, 1.82) is 0 Å². The number of benzene rings is 2. The summed E-state index contributed by atoms with van der Waals surface area (Å²) < 4.78 is 10.3. The molecular weight excluding hydrogens is 386 g/mol. The lowest BCUT2D eigenvalue weighted by Gasteiger charge is -2.09. The van der Waals surface area contributed by atoms with Gasteiger partial charge in [0, 0.05) is 9.92 Å². The third kappa shape index (κ3) is 4.93. The number of furan rings is 1. The molecule has 5 nitrogen and oxygen atoms in total. The van der Waals surface area contributed by atoms with Crippen molar-refractivity contribution in [3.8, 4) is 0 Å². The van der Waals surface area contributed by atoms with Gasteiger partial charge in [-0.05, 0) is 42.5 Å². The third-order valence-electron chi connectivity index (χ3n) is 3.64. The lowest BCUT2D eigenvalue weighted by molar-refractivity contribution is 0.0602. The number of amides is 1. The Balaban J connectivity index is 1.70. The monoisotopic (exact) mass is 401 g/mol. The van der Waals surface area contributed by atoms with Crippen molar-refractivity contribution in [1.82, 2.24) is 0 Å². The second-order valence-corrected chi connectivity index (χ2v) is 6.99. The van der Waals surface area contributed by atoms with E-state index in [0.717, 1.165) is 4.90 Å². The molecule has 0 aliphatic rings. The van der Waals surface area contributed by atoms with Crippen LogP contribution in [0.5, 0.6) is 0 Å². The molecule has 3 aromatic rings. The minimum Gasteiger partial charge on any atom is -0.465 e. The maximum atomic E-state index is 12.5. The smallest absolute Gasteiger partial charge is 0.339 e. The number of nitrogens with one attached hydrogen (secondary N) is 1. The van der Waals surface area contributed by atoms with Crippen LogP contribution >= 0.6 is 23.4 Å². The fourth-order valence-corrected chi connectivity index (χ4v) is 3.33. The molecule has 7 heteroatoms. The van der Waals surface area contributed by atoms with Crippen LogP contribution in [-0.2, 0) is 10.5 Å². The molecule has 0 aliphatic heterocycles. The molecule has 2 aromatic carbocycles. The normalized spacial score (nSPS) is 10.4. The Morgan fingerprint density at radius 3 is 2.63 bits per heavy atom. The largest absolute Gasteiger partial charge is 0.465 e. The fourth-order valence-electron chi connectivity index (χ4n) is 2.34. The first-order valence-corrected chi connectivity index (χ1v) is 9.39. The fraction of sp³-hybridized carbons (Fsp3) is 0.100. The molecule has 0 saturated heterocycles. The molecule has 138 valence electrons. The summed E-state index contributed by atoms with van der Waals surface area (Å²) in [4.78, 5) is 25.4. The molecule has 27 heavy (non-hydrogen) atoms. The van der Waals surface area contributed by atoms with Crippen LogP contribution in [0.25, 0.3) is 0 Å². The van der Waals surface area contributed by atoms with E-state index in [0.29, 0.717) is 16.5 Å². The molecule has 0 saturated carbocycles. The van der Waals surface area contributed by atoms with Gasteiger partial charge in [0.05, 0.1) is 24.1 Å². The van der Waals surface area contributed by atoms with E-state index in [2.05, 4.69) is 5.32 Å². The summed E-state index contributed by atoms with van der Waals surface area (Å²) in [5, 5.41) is 3.03. The number of hydrogen-bond acceptors (Lipinski definition) is 5. The van der Waals surface area contributed by atoms with Gasteiger partial charge in [0.1, 0.15) is 5.76 Å². The van der Waals surface area contributed by atoms with E-state index < -0.39 is 11.9 Å². The Morgan fingerprint density at radius 1 is 1.11 bits per heavy atom. The Bertz CT molecular complexity index is 956. The van der Waals surface area contributed by atoms with Gasteiger partial charge in [-0.2, -0.15) is 0 Å². The first-order valence-electron chi connectivity index (χ1n) is 8.02. The number of thioether (sulfide) groups is 1. The second-order valence-electron chi connectivity index (χ2n) is 5.50. The number of ether oxygens (including phenoxy) is 1. The number of methoxy groups -OCH3 is 1. The van der Waals surface area contributed by atoms with E-state index in [9.17, 15) is 9.59 Å². The zero-order chi connectivity index (χ0) is 19.2. The van der Waals surface area contributed by atoms with E-state index >= 15 is 0 Å². The van der Waals surface area contributed by atoms with Gasteiger partial charge < -0.3 is 14.5 Å². The average molecular weight is 402 g/mol. The van der Waals surface area contributed by atoms with E-state index in [1.807, 2.05) is 30.3 Å². The van der Waals surface area contributed by atoms with Gasteiger partial charge >= 0.3 is 5.97 Å². The summed E-state index contributed by atoms with van der Waals surface area (Å²) in [6, 6.07) is 17.8. The first-order chi connectivity index (χ1) is 13.1. The molecule has 0 atom stereocenters. The molecule has 0 spiro atoms. The zero-order valence-corrected chi connectivity index (χ0v) is 16.0. The lowest BCUT2D eigenvalue weighted by Crippen LogP contribution is -2.14. The van der Waals surface area contributed by atoms with Crippen molar-refractivity contribution in [2.45, 2.75) is 10.6 Å². The van der Waals surface area contributed by atoms with Crippen LogP contribution in [-0.4, -0.2) is 19.0 Å². The minimum absolute atomic E-state index is 0.148. The second kappa shape index (κ2) is 8.79. The van der Waals surface area contributed by atoms with Gasteiger partial charge in [0.25, 0.3) is 5.91 Å². The molecular formula is C20H16ClNO4S. The highest BCUT2D eigenvalue weighted by atomic mass is 35.5. The summed E-state index contributed by atoms with van der Waals surface area (Å²) >= 11 is 7.58. The van der Waals surface area contributed by atoms with Crippen LogP contribution in [0.1, 0.15) is 26.7 Å². The average Bonchev–Trinajstić information content (AvgIpc) is 3.16. The molecule has 0 fully saturated rings. The third-order valence-corrected chi connectivity index (χ3v) is 4.91. The highest BCUT2D eigenvalue weighted by molar-refractivity contribution is 7.98. The molecule has 1 amide bonds. The van der Waals surface area contributed by atoms with Gasteiger partial charge in [0.2, 0.25) is 0 Å². The van der Waals surface area contributed by atoms with Crippen molar-refractivity contribution in [3.05, 3.63) is 82.8 Å². The number of anilines is 1. The van der Waals surface area contributed by atoms with Crippen molar-refractivity contribution in [2.75, 3.05) is 12.4 Å². The predicted octanol–water partition coefficient (Wildman–Crippen LogP) is 5.26. The van der Waals surface area contributed by atoms with Crippen LogP contribution in [0.15, 0.2) is 70.0 Å². The standard InChI is InChI=1S/C20H16ClNO4S/c1-25-20(24)16-9-7-13(21)11-17(16)22-19(23)18-10-8-14(26-18)12-27-15-5-3-2-4-6-15/h2-11H,12H2,1H3,(H,22,23). The summed E-state index contributed by atoms with van der Waals surface area (Å²) in [5.41, 5.74) is 0.470. The van der Waals surface area contributed by atoms with Crippen molar-refractivity contribution >= 4 is 40.9 Å². The molecule has 1 N–H and O–H groups in total. The Kier molecular flexibility index (Phi) is 6.21. The van der Waals surface area contributed by atoms with Crippen LogP contribution < -0.4 is 5.32 Å². The summed E-state index contributed by atoms with van der Waals surface area (Å²) in [6.07, 6.45) is 0. The summed E-state index contributed by atoms with van der Waals surface area (Å²) in [5.74, 6) is 0.379. The first kappa shape index (κ1) is 19.1. The van der Waals surface area contributed by atoms with Crippen molar-refractivity contribution < 1.29 is 18.7 Å². The van der Waals surface area contributed by atoms with E-state index in [1.54, 1.807) is 30.0 Å². The number of carbonyl (C=O) groups is 2. The van der Waals surface area contributed by atoms with Crippen molar-refractivity contribution in [2.24, 2.45) is 0 Å². The quantitative estimate of drug-likeness (QED) is 0.450. The zero-order valence-electron chi connectivity index (χ0n) is 14.4. The topological polar surface area (TPSA) is 68.5 Å². The molecule has 1 aromatic heterocycles. The number of hydrogen-bond donors (Lipinski definition) is 1. The van der Waals surface area contributed by atoms with E-state index in [1.165, 1.54) is 19.2 Å². The van der Waals surface area contributed by atoms with Gasteiger partial charge in [-0.3, -0.25) is 4.79 Å². The highest BCUT2D eigenvalue weighted by Crippen LogP contribution is 2.25. The van der Waals surface area contributed by atoms with Gasteiger partial charge in [0.15, 0.2) is 5.76 Å². The number of carbonyl (C=O) groups excluding carboxylic acids is 2. The highest BCUT2D eigenvalue weighted by Gasteiger charge is 2.17. The van der Waals surface area contributed by atoms with Crippen LogP contribution in [0, 0.1) is 0 Å². The maximum Gasteiger partial charge on any atom is 0.339 e. The van der Waals surface area contributed by atoms with Gasteiger partial charge in [-0.1, -0.05) is 29.8 Å². The summed E-state index contributed by atoms with van der Waals surface area (Å²) in [6.45, 7) is 0. The van der Waals surface area contributed by atoms with E-state index in [4.69, 9.17) is 20.8 Å². The number of rotatable bonds is 6. The SMILES string of the molecule is COC(=O)c1ccc(Cl)cc1NC(=O)c1ccc(CSc2ccccc2)o1. The predicted molar refractivity (Wildman–Crippen MR) is 105 cm³/mol.